The Morgan fingerprint density at radius 2 is 0.947 bits per heavy atom. The number of rotatable bonds is 4. The maximum absolute atomic E-state index is 13.9. The van der Waals surface area contributed by atoms with E-state index in [1.54, 1.807) is 0 Å². The van der Waals surface area contributed by atoms with Crippen molar-refractivity contribution >= 4 is 39.7 Å². The molecule has 3 heterocycles. The molecule has 16 heteroatoms. The average Bonchev–Trinajstić information content (AvgIpc) is 3.34. The molecule has 12 nitrogen and oxygen atoms in total. The van der Waals surface area contributed by atoms with Gasteiger partial charge in [-0.1, -0.05) is 12.1 Å². The smallest absolute Gasteiger partial charge is 0.229 e. The van der Waals surface area contributed by atoms with Gasteiger partial charge in [0.2, 0.25) is 20.0 Å². The molecule has 3 saturated heterocycles. The van der Waals surface area contributed by atoms with Crippen molar-refractivity contribution in [3.8, 4) is 12.1 Å². The van der Waals surface area contributed by atoms with E-state index in [2.05, 4.69) is 0 Å². The summed E-state index contributed by atoms with van der Waals surface area (Å²) in [5.41, 5.74) is 0.0479. The van der Waals surface area contributed by atoms with Gasteiger partial charge in [-0.05, 0) is 36.4 Å². The zero-order valence-electron chi connectivity index (χ0n) is 19.4. The monoisotopic (exact) mass is 596 g/mol. The van der Waals surface area contributed by atoms with Crippen LogP contribution in [0.3, 0.4) is 0 Å². The summed E-state index contributed by atoms with van der Waals surface area (Å²) in [4.78, 5) is -0.665. The molecular weight excluding hydrogens is 577 g/mol. The highest BCUT2D eigenvalue weighted by Crippen LogP contribution is 2.43. The van der Waals surface area contributed by atoms with Gasteiger partial charge in [0.1, 0.15) is 0 Å². The van der Waals surface area contributed by atoms with E-state index in [9.17, 15) is 44.2 Å². The van der Waals surface area contributed by atoms with E-state index >= 15 is 0 Å². The molecule has 2 aromatic carbocycles. The van der Waals surface area contributed by atoms with Crippen LogP contribution in [0.5, 0.6) is 0 Å². The maximum Gasteiger partial charge on any atom is 0.243 e. The lowest BCUT2D eigenvalue weighted by molar-refractivity contribution is 0.0841. The Kier molecular flexibility index (Phi) is 6.22. The van der Waals surface area contributed by atoms with Crippen LogP contribution in [-0.2, 0) is 39.7 Å². The van der Waals surface area contributed by atoms with Gasteiger partial charge in [0.25, 0.3) is 0 Å². The molecule has 0 unspecified atom stereocenters. The van der Waals surface area contributed by atoms with Crippen LogP contribution < -0.4 is 0 Å². The summed E-state index contributed by atoms with van der Waals surface area (Å²) in [6.07, 6.45) is 0. The van der Waals surface area contributed by atoms with Gasteiger partial charge >= 0.3 is 0 Å². The van der Waals surface area contributed by atoms with E-state index in [1.165, 1.54) is 36.4 Å². The molecule has 0 spiro atoms. The van der Waals surface area contributed by atoms with E-state index in [-0.39, 0.29) is 20.9 Å². The first-order valence-electron chi connectivity index (χ1n) is 11.2. The van der Waals surface area contributed by atoms with Crippen molar-refractivity contribution in [1.82, 2.24) is 8.61 Å². The first-order valence-corrected chi connectivity index (χ1v) is 17.7. The molecule has 0 amide bonds. The molecule has 0 bridgehead atoms. The normalized spacial score (nSPS) is 28.6. The second kappa shape index (κ2) is 8.84. The Balaban J connectivity index is 1.72. The van der Waals surface area contributed by atoms with Gasteiger partial charge in [-0.15, -0.1) is 0 Å². The summed E-state index contributed by atoms with van der Waals surface area (Å²) in [5.74, 6) is -2.82. The van der Waals surface area contributed by atoms with Gasteiger partial charge in [0, 0.05) is 0 Å². The van der Waals surface area contributed by atoms with Gasteiger partial charge in [-0.25, -0.2) is 33.7 Å². The first kappa shape index (κ1) is 26.7. The number of nitrogens with zero attached hydrogens (tertiary/aromatic N) is 4. The number of sulfone groups is 2. The molecule has 4 atom stereocenters. The summed E-state index contributed by atoms with van der Waals surface area (Å²) in [5, 5.41) is 18.5. The summed E-state index contributed by atoms with van der Waals surface area (Å²) < 4.78 is 109. The van der Waals surface area contributed by atoms with Gasteiger partial charge in [0.05, 0.1) is 80.2 Å². The molecule has 200 valence electrons. The largest absolute Gasteiger partial charge is 0.243 e. The van der Waals surface area contributed by atoms with E-state index < -0.39 is 86.9 Å². The van der Waals surface area contributed by atoms with E-state index in [0.717, 1.165) is 20.7 Å². The van der Waals surface area contributed by atoms with Crippen LogP contribution in [0.2, 0.25) is 0 Å². The summed E-state index contributed by atoms with van der Waals surface area (Å²) in [6.45, 7) is 0. The molecule has 0 aliphatic carbocycles. The SMILES string of the molecule is N#Cc1cccc(S(=O)(=O)N2[C@@H]3CS(=O)(=O)C[C@@H]3N(S(=O)(=O)c3cccc(C#N)c3)[C@@H]3CS(=O)(=O)C[C@@H]32)c1. The van der Waals surface area contributed by atoms with Crippen LogP contribution in [0.1, 0.15) is 11.1 Å². The van der Waals surface area contributed by atoms with Crippen molar-refractivity contribution in [2.24, 2.45) is 0 Å². The molecule has 3 aliphatic heterocycles. The minimum absolute atomic E-state index is 0.0239. The van der Waals surface area contributed by atoms with Crippen molar-refractivity contribution in [2.45, 2.75) is 34.0 Å². The molecule has 5 rings (SSSR count). The van der Waals surface area contributed by atoms with Crippen LogP contribution in [0.4, 0.5) is 0 Å². The highest BCUT2D eigenvalue weighted by atomic mass is 32.2. The molecule has 0 radical (unpaired) electrons. The van der Waals surface area contributed by atoms with E-state index in [4.69, 9.17) is 0 Å². The molecule has 0 aromatic heterocycles. The fraction of sp³-hybridized carbons (Fsp3) is 0.364. The quantitative estimate of drug-likeness (QED) is 0.443. The van der Waals surface area contributed by atoms with Gasteiger partial charge < -0.3 is 0 Å². The van der Waals surface area contributed by atoms with Crippen LogP contribution >= 0.6 is 0 Å². The Labute approximate surface area is 220 Å². The highest BCUT2D eigenvalue weighted by molar-refractivity contribution is 7.93. The standard InChI is InChI=1S/C22H20N4O8S4/c23-9-15-3-1-5-17(7-15)37(31,32)25-19-11-35(27,28)13-21(19)26(22-14-36(29,30)12-20(22)25)38(33,34)18-6-2-4-16(8-18)10-24/h1-8,19-22H,11-14H2/t19-,20+,21+,22-. The molecule has 3 aliphatic rings. The number of hydrogen-bond acceptors (Lipinski definition) is 10. The number of hydrogen-bond donors (Lipinski definition) is 0. The van der Waals surface area contributed by atoms with Crippen LogP contribution in [0.25, 0.3) is 0 Å². The number of fused-ring (bicyclic) bond motifs is 2. The molecule has 2 aromatic rings. The highest BCUT2D eigenvalue weighted by Gasteiger charge is 2.63. The lowest BCUT2D eigenvalue weighted by Crippen LogP contribution is -2.69. The lowest BCUT2D eigenvalue weighted by atomic mass is 10.0. The fourth-order valence-electron chi connectivity index (χ4n) is 5.49. The fourth-order valence-corrected chi connectivity index (χ4v) is 13.6. The van der Waals surface area contributed by atoms with Crippen LogP contribution in [0, 0.1) is 22.7 Å². The second-order valence-corrected chi connectivity index (χ2v) is 17.4. The predicted octanol–water partition coefficient (Wildman–Crippen LogP) is -0.544. The number of sulfonamides is 2. The van der Waals surface area contributed by atoms with Crippen molar-refractivity contribution < 1.29 is 33.7 Å². The minimum atomic E-state index is -4.56. The third-order valence-corrected chi connectivity index (χ3v) is 14.3. The van der Waals surface area contributed by atoms with Crippen LogP contribution in [-0.4, -0.2) is 89.5 Å². The molecule has 0 N–H and O–H groups in total. The Morgan fingerprint density at radius 1 is 0.632 bits per heavy atom. The third kappa shape index (κ3) is 4.31. The van der Waals surface area contributed by atoms with E-state index in [1.807, 2.05) is 12.1 Å². The first-order chi connectivity index (χ1) is 17.7. The maximum atomic E-state index is 13.9. The van der Waals surface area contributed by atoms with Gasteiger partial charge in [0.15, 0.2) is 19.7 Å². The lowest BCUT2D eigenvalue weighted by Gasteiger charge is -2.48. The number of benzene rings is 2. The third-order valence-electron chi connectivity index (χ3n) is 6.97. The Hall–Kier alpha value is -2.86. The molecule has 0 saturated carbocycles. The topological polar surface area (TPSA) is 191 Å². The van der Waals surface area contributed by atoms with Crippen molar-refractivity contribution in [1.29, 1.82) is 10.5 Å². The van der Waals surface area contributed by atoms with Gasteiger partial charge in [-0.2, -0.15) is 19.1 Å². The Bertz CT molecular complexity index is 1690. The average molecular weight is 597 g/mol. The minimum Gasteiger partial charge on any atom is -0.229 e. The number of nitriles is 2. The predicted molar refractivity (Wildman–Crippen MR) is 133 cm³/mol. The second-order valence-electron chi connectivity index (χ2n) is 9.37. The van der Waals surface area contributed by atoms with Gasteiger partial charge in [-0.3, -0.25) is 0 Å². The van der Waals surface area contributed by atoms with Crippen molar-refractivity contribution in [3.05, 3.63) is 59.7 Å². The van der Waals surface area contributed by atoms with Crippen LogP contribution in [0.15, 0.2) is 58.3 Å². The zero-order valence-corrected chi connectivity index (χ0v) is 22.7. The van der Waals surface area contributed by atoms with E-state index in [0.29, 0.717) is 0 Å². The van der Waals surface area contributed by atoms with Crippen molar-refractivity contribution in [3.63, 3.8) is 0 Å². The van der Waals surface area contributed by atoms with Crippen molar-refractivity contribution in [2.75, 3.05) is 23.0 Å². The summed E-state index contributed by atoms with van der Waals surface area (Å²) >= 11 is 0. The number of piperazine rings is 1. The summed E-state index contributed by atoms with van der Waals surface area (Å²) in [7, 11) is -17.0. The Morgan fingerprint density at radius 3 is 1.24 bits per heavy atom. The molecule has 38 heavy (non-hydrogen) atoms. The molecule has 3 fully saturated rings. The zero-order chi connectivity index (χ0) is 27.7. The molecular formula is C22H20N4O8S4. The summed E-state index contributed by atoms with van der Waals surface area (Å²) in [6, 6.07) is 8.10.